The first-order chi connectivity index (χ1) is 18.1. The minimum atomic E-state index is -0.534. The number of carbonyl (C=O) groups excluding carboxylic acids is 2. The minimum Gasteiger partial charge on any atom is -0.486 e. The van der Waals surface area contributed by atoms with Gasteiger partial charge in [0, 0.05) is 16.0 Å². The predicted octanol–water partition coefficient (Wildman–Crippen LogP) is 6.19. The Morgan fingerprint density at radius 3 is 2.57 bits per heavy atom. The molecule has 0 saturated carbocycles. The van der Waals surface area contributed by atoms with Crippen molar-refractivity contribution in [2.75, 3.05) is 19.8 Å². The van der Waals surface area contributed by atoms with Crippen LogP contribution in [0.2, 0.25) is 5.02 Å². The highest BCUT2D eigenvalue weighted by atomic mass is 35.5. The van der Waals surface area contributed by atoms with Crippen LogP contribution in [-0.4, -0.2) is 36.6 Å². The van der Waals surface area contributed by atoms with Gasteiger partial charge in [-0.1, -0.05) is 41.9 Å². The quantitative estimate of drug-likeness (QED) is 0.235. The molecule has 2 heterocycles. The molecule has 0 fully saturated rings. The number of esters is 1. The lowest BCUT2D eigenvalue weighted by atomic mass is 10.0. The van der Waals surface area contributed by atoms with Crippen molar-refractivity contribution in [3.63, 3.8) is 0 Å². The number of benzene rings is 3. The van der Waals surface area contributed by atoms with Crippen LogP contribution in [0.25, 0.3) is 22.6 Å². The van der Waals surface area contributed by atoms with Gasteiger partial charge in [-0.05, 0) is 72.0 Å². The van der Waals surface area contributed by atoms with E-state index in [1.807, 2.05) is 48.5 Å². The van der Waals surface area contributed by atoms with Crippen LogP contribution in [0.5, 0.6) is 11.5 Å². The average molecular weight is 512 g/mol. The number of halogens is 1. The molecular weight excluding hydrogens is 490 g/mol. The lowest BCUT2D eigenvalue weighted by molar-refractivity contribution is 0.0475. The van der Waals surface area contributed by atoms with E-state index in [0.717, 1.165) is 28.8 Å². The first-order valence-electron chi connectivity index (χ1n) is 12.0. The number of Topliss-reactive ketones (excluding diaryl/α,β-unsaturated/α-hetero) is 1. The Labute approximate surface area is 218 Å². The highest BCUT2D eigenvalue weighted by Gasteiger charge is 2.28. The van der Waals surface area contributed by atoms with Crippen LogP contribution in [0.15, 0.2) is 66.7 Å². The molecule has 1 aliphatic heterocycles. The zero-order valence-corrected chi connectivity index (χ0v) is 20.6. The van der Waals surface area contributed by atoms with E-state index in [9.17, 15) is 9.59 Å². The predicted molar refractivity (Wildman–Crippen MR) is 141 cm³/mol. The van der Waals surface area contributed by atoms with Crippen LogP contribution in [-0.2, 0) is 11.2 Å². The fourth-order valence-corrected chi connectivity index (χ4v) is 4.90. The number of pyridine rings is 1. The Kier molecular flexibility index (Phi) is 6.10. The summed E-state index contributed by atoms with van der Waals surface area (Å²) in [5, 5.41) is 1.39. The molecule has 37 heavy (non-hydrogen) atoms. The summed E-state index contributed by atoms with van der Waals surface area (Å²) in [5.41, 5.74) is 5.26. The zero-order valence-electron chi connectivity index (χ0n) is 19.8. The molecule has 1 aliphatic carbocycles. The van der Waals surface area contributed by atoms with Crippen molar-refractivity contribution < 1.29 is 23.8 Å². The molecule has 0 atom stereocenters. The monoisotopic (exact) mass is 511 g/mol. The normalized spacial score (nSPS) is 15.0. The molecule has 0 radical (unpaired) electrons. The molecule has 6 nitrogen and oxygen atoms in total. The first kappa shape index (κ1) is 23.3. The van der Waals surface area contributed by atoms with Gasteiger partial charge in [0.05, 0.1) is 16.8 Å². The van der Waals surface area contributed by atoms with Gasteiger partial charge in [0.2, 0.25) is 0 Å². The molecule has 7 heteroatoms. The van der Waals surface area contributed by atoms with E-state index in [1.165, 1.54) is 0 Å². The molecule has 184 valence electrons. The van der Waals surface area contributed by atoms with Gasteiger partial charge in [0.1, 0.15) is 13.2 Å². The molecule has 0 unspecified atom stereocenters. The Morgan fingerprint density at radius 1 is 0.946 bits per heavy atom. The Morgan fingerprint density at radius 2 is 1.73 bits per heavy atom. The van der Waals surface area contributed by atoms with Gasteiger partial charge in [0.25, 0.3) is 0 Å². The molecule has 0 amide bonds. The second-order valence-corrected chi connectivity index (χ2v) is 9.35. The molecular formula is C30H22ClNO5. The van der Waals surface area contributed by atoms with Gasteiger partial charge in [-0.2, -0.15) is 0 Å². The molecule has 4 aromatic rings. The van der Waals surface area contributed by atoms with Crippen LogP contribution in [0.1, 0.15) is 44.0 Å². The molecule has 1 aromatic heterocycles. The van der Waals surface area contributed by atoms with E-state index in [2.05, 4.69) is 6.08 Å². The smallest absolute Gasteiger partial charge is 0.339 e. The summed E-state index contributed by atoms with van der Waals surface area (Å²) in [7, 11) is 0. The lowest BCUT2D eigenvalue weighted by Crippen LogP contribution is -2.18. The van der Waals surface area contributed by atoms with Gasteiger partial charge in [-0.25, -0.2) is 9.78 Å². The Balaban J connectivity index is 1.29. The van der Waals surface area contributed by atoms with Crippen molar-refractivity contribution in [1.82, 2.24) is 4.98 Å². The van der Waals surface area contributed by atoms with Crippen molar-refractivity contribution >= 4 is 45.9 Å². The highest BCUT2D eigenvalue weighted by molar-refractivity contribution is 6.30. The number of nitrogens with zero attached hydrogens (tertiary/aromatic N) is 1. The first-order valence-corrected chi connectivity index (χ1v) is 12.4. The maximum absolute atomic E-state index is 13.4. The molecule has 0 bridgehead atoms. The third-order valence-corrected chi connectivity index (χ3v) is 6.81. The number of hydrogen-bond acceptors (Lipinski definition) is 6. The molecule has 0 N–H and O–H groups in total. The van der Waals surface area contributed by atoms with E-state index in [1.54, 1.807) is 18.2 Å². The number of rotatable bonds is 5. The Bertz CT molecular complexity index is 1580. The van der Waals surface area contributed by atoms with Crippen molar-refractivity contribution in [2.24, 2.45) is 0 Å². The van der Waals surface area contributed by atoms with Gasteiger partial charge in [0.15, 0.2) is 23.9 Å². The summed E-state index contributed by atoms with van der Waals surface area (Å²) in [6.45, 7) is 0.518. The fraction of sp³-hybridized carbons (Fsp3) is 0.167. The SMILES string of the molecule is O=C(COC(=O)c1c2c(nc3ccccc13)C(=Cc1ccc(Cl)cc1)CC2)c1ccc2c(c1)OCCO2. The summed E-state index contributed by atoms with van der Waals surface area (Å²) < 4.78 is 16.6. The molecule has 2 aliphatic rings. The number of hydrogen-bond donors (Lipinski definition) is 0. The van der Waals surface area contributed by atoms with E-state index in [-0.39, 0.29) is 12.4 Å². The second kappa shape index (κ2) is 9.71. The number of allylic oxidation sites excluding steroid dienone is 1. The van der Waals surface area contributed by atoms with Gasteiger partial charge in [-0.15, -0.1) is 0 Å². The third-order valence-electron chi connectivity index (χ3n) is 6.56. The van der Waals surface area contributed by atoms with Crippen molar-refractivity contribution in [3.8, 4) is 11.5 Å². The van der Waals surface area contributed by atoms with E-state index < -0.39 is 5.97 Å². The minimum absolute atomic E-state index is 0.316. The maximum atomic E-state index is 13.4. The molecule has 6 rings (SSSR count). The number of carbonyl (C=O) groups is 2. The Hall–Kier alpha value is -4.16. The van der Waals surface area contributed by atoms with Crippen LogP contribution < -0.4 is 9.47 Å². The van der Waals surface area contributed by atoms with Crippen LogP contribution in [0, 0.1) is 0 Å². The third kappa shape index (κ3) is 4.56. The second-order valence-electron chi connectivity index (χ2n) is 8.91. The maximum Gasteiger partial charge on any atom is 0.339 e. The summed E-state index contributed by atoms with van der Waals surface area (Å²) in [5.74, 6) is 0.264. The van der Waals surface area contributed by atoms with Gasteiger partial charge in [-0.3, -0.25) is 4.79 Å². The number of ketones is 1. The number of aromatic nitrogens is 1. The van der Waals surface area contributed by atoms with E-state index >= 15 is 0 Å². The standard InChI is InChI=1S/C30H22ClNO5/c31-21-9-5-18(6-10-21)15-20-7-11-23-28(22-3-1-2-4-24(22)32-29(20)23)30(34)37-17-25(33)19-8-12-26-27(16-19)36-14-13-35-26/h1-6,8-10,12,15-16H,7,11,13-14,17H2. The summed E-state index contributed by atoms with van der Waals surface area (Å²) in [6, 6.07) is 20.1. The fourth-order valence-electron chi connectivity index (χ4n) is 4.78. The van der Waals surface area contributed by atoms with Crippen LogP contribution >= 0.6 is 11.6 Å². The van der Waals surface area contributed by atoms with Crippen LogP contribution in [0.4, 0.5) is 0 Å². The van der Waals surface area contributed by atoms with Crippen molar-refractivity contribution in [2.45, 2.75) is 12.8 Å². The molecule has 3 aromatic carbocycles. The van der Waals surface area contributed by atoms with Gasteiger partial charge >= 0.3 is 5.97 Å². The zero-order chi connectivity index (χ0) is 25.4. The van der Waals surface area contributed by atoms with Crippen LogP contribution in [0.3, 0.4) is 0 Å². The summed E-state index contributed by atoms with van der Waals surface area (Å²) >= 11 is 6.03. The number of ether oxygens (including phenoxy) is 3. The summed E-state index contributed by atoms with van der Waals surface area (Å²) in [4.78, 5) is 31.1. The number of para-hydroxylation sites is 1. The average Bonchev–Trinajstić information content (AvgIpc) is 3.32. The topological polar surface area (TPSA) is 74.7 Å². The summed E-state index contributed by atoms with van der Waals surface area (Å²) in [6.07, 6.45) is 3.48. The van der Waals surface area contributed by atoms with E-state index in [0.29, 0.717) is 58.2 Å². The molecule has 0 spiro atoms. The highest BCUT2D eigenvalue weighted by Crippen LogP contribution is 2.38. The number of fused-ring (bicyclic) bond motifs is 3. The van der Waals surface area contributed by atoms with Gasteiger partial charge < -0.3 is 14.2 Å². The van der Waals surface area contributed by atoms with E-state index in [4.69, 9.17) is 30.8 Å². The largest absolute Gasteiger partial charge is 0.486 e. The molecule has 0 saturated heterocycles. The van der Waals surface area contributed by atoms with Crippen molar-refractivity contribution in [3.05, 3.63) is 99.7 Å². The lowest BCUT2D eigenvalue weighted by Gasteiger charge is -2.18. The van der Waals surface area contributed by atoms with Crippen molar-refractivity contribution in [1.29, 1.82) is 0 Å².